The monoisotopic (exact) mass is 282 g/mol. The standard InChI is InChI=1S/C13H15FN2O4/c1-8-2-3-10(9(14)6-8)15-13(19)16-4-5-20-7-11(16)12(17)18/h2-3,6,11H,4-5,7H2,1H3,(H,15,19)(H,17,18). The van der Waals surface area contributed by atoms with Crippen LogP contribution in [0.5, 0.6) is 0 Å². The van der Waals surface area contributed by atoms with E-state index < -0.39 is 23.9 Å². The minimum Gasteiger partial charge on any atom is -0.480 e. The van der Waals surface area contributed by atoms with E-state index in [4.69, 9.17) is 9.84 Å². The molecule has 2 rings (SSSR count). The second kappa shape index (κ2) is 5.87. The molecule has 1 atom stereocenters. The first kappa shape index (κ1) is 14.3. The summed E-state index contributed by atoms with van der Waals surface area (Å²) in [6.45, 7) is 2.07. The Bertz CT molecular complexity index is 535. The highest BCUT2D eigenvalue weighted by Gasteiger charge is 2.33. The fourth-order valence-corrected chi connectivity index (χ4v) is 1.96. The average Bonchev–Trinajstić information content (AvgIpc) is 2.41. The summed E-state index contributed by atoms with van der Waals surface area (Å²) in [5.41, 5.74) is 0.756. The maximum Gasteiger partial charge on any atom is 0.328 e. The lowest BCUT2D eigenvalue weighted by Gasteiger charge is -2.32. The topological polar surface area (TPSA) is 78.9 Å². The number of aliphatic carboxylic acids is 1. The number of anilines is 1. The molecule has 2 amide bonds. The fraction of sp³-hybridized carbons (Fsp3) is 0.385. The second-order valence-electron chi connectivity index (χ2n) is 4.54. The number of ether oxygens (including phenoxy) is 1. The molecule has 1 aromatic rings. The molecule has 0 bridgehead atoms. The van der Waals surface area contributed by atoms with Crippen LogP contribution in [-0.2, 0) is 9.53 Å². The SMILES string of the molecule is Cc1ccc(NC(=O)N2CCOCC2C(=O)O)c(F)c1. The molecule has 1 heterocycles. The molecule has 2 N–H and O–H groups in total. The van der Waals surface area contributed by atoms with Crippen molar-refractivity contribution in [1.82, 2.24) is 4.90 Å². The molecule has 0 saturated carbocycles. The number of aryl methyl sites for hydroxylation is 1. The molecular formula is C13H15FN2O4. The predicted octanol–water partition coefficient (Wildman–Crippen LogP) is 1.45. The number of halogens is 1. The van der Waals surface area contributed by atoms with E-state index in [9.17, 15) is 14.0 Å². The van der Waals surface area contributed by atoms with Crippen LogP contribution < -0.4 is 5.32 Å². The maximum absolute atomic E-state index is 13.7. The number of amides is 2. The molecule has 108 valence electrons. The summed E-state index contributed by atoms with van der Waals surface area (Å²) < 4.78 is 18.7. The molecule has 1 fully saturated rings. The summed E-state index contributed by atoms with van der Waals surface area (Å²) in [7, 11) is 0. The Hall–Kier alpha value is -2.15. The summed E-state index contributed by atoms with van der Waals surface area (Å²) in [4.78, 5) is 24.2. The summed E-state index contributed by atoms with van der Waals surface area (Å²) in [6.07, 6.45) is 0. The van der Waals surface area contributed by atoms with E-state index in [0.29, 0.717) is 0 Å². The van der Waals surface area contributed by atoms with Crippen molar-refractivity contribution in [3.8, 4) is 0 Å². The van der Waals surface area contributed by atoms with E-state index in [1.165, 1.54) is 12.1 Å². The summed E-state index contributed by atoms with van der Waals surface area (Å²) in [5, 5.41) is 11.4. The van der Waals surface area contributed by atoms with Gasteiger partial charge in [0.05, 0.1) is 18.9 Å². The van der Waals surface area contributed by atoms with Crippen LogP contribution in [0.25, 0.3) is 0 Å². The minimum absolute atomic E-state index is 0.0243. The van der Waals surface area contributed by atoms with E-state index in [1.807, 2.05) is 0 Å². The van der Waals surface area contributed by atoms with Gasteiger partial charge in [-0.2, -0.15) is 0 Å². The van der Waals surface area contributed by atoms with Crippen LogP contribution in [0.4, 0.5) is 14.9 Å². The van der Waals surface area contributed by atoms with Gasteiger partial charge in [0.15, 0.2) is 6.04 Å². The first-order valence-electron chi connectivity index (χ1n) is 6.13. The lowest BCUT2D eigenvalue weighted by Crippen LogP contribution is -2.54. The number of nitrogens with zero attached hydrogens (tertiary/aromatic N) is 1. The van der Waals surface area contributed by atoms with Crippen LogP contribution in [0, 0.1) is 12.7 Å². The Morgan fingerprint density at radius 3 is 2.90 bits per heavy atom. The normalized spacial score (nSPS) is 18.7. The molecule has 0 aromatic heterocycles. The molecule has 1 aliphatic rings. The fourth-order valence-electron chi connectivity index (χ4n) is 1.96. The van der Waals surface area contributed by atoms with Crippen LogP contribution in [-0.4, -0.2) is 47.8 Å². The molecular weight excluding hydrogens is 267 g/mol. The first-order chi connectivity index (χ1) is 9.49. The van der Waals surface area contributed by atoms with Crippen molar-refractivity contribution in [2.24, 2.45) is 0 Å². The zero-order chi connectivity index (χ0) is 14.7. The van der Waals surface area contributed by atoms with Gasteiger partial charge in [0.2, 0.25) is 0 Å². The van der Waals surface area contributed by atoms with Gasteiger partial charge in [-0.1, -0.05) is 6.07 Å². The molecule has 7 heteroatoms. The van der Waals surface area contributed by atoms with Gasteiger partial charge in [-0.3, -0.25) is 0 Å². The zero-order valence-corrected chi connectivity index (χ0v) is 10.9. The van der Waals surface area contributed by atoms with Crippen molar-refractivity contribution >= 4 is 17.7 Å². The average molecular weight is 282 g/mol. The summed E-state index contributed by atoms with van der Waals surface area (Å²) >= 11 is 0. The quantitative estimate of drug-likeness (QED) is 0.860. The molecule has 1 saturated heterocycles. The van der Waals surface area contributed by atoms with Crippen LogP contribution in [0.3, 0.4) is 0 Å². The molecule has 0 spiro atoms. The van der Waals surface area contributed by atoms with E-state index in [1.54, 1.807) is 13.0 Å². The Balaban J connectivity index is 2.12. The van der Waals surface area contributed by atoms with E-state index in [2.05, 4.69) is 5.32 Å². The number of carboxylic acid groups (broad SMARTS) is 1. The van der Waals surface area contributed by atoms with Crippen molar-refractivity contribution in [2.75, 3.05) is 25.1 Å². The lowest BCUT2D eigenvalue weighted by atomic mass is 10.2. The van der Waals surface area contributed by atoms with Gasteiger partial charge in [0, 0.05) is 6.54 Å². The van der Waals surface area contributed by atoms with Crippen molar-refractivity contribution < 1.29 is 23.8 Å². The molecule has 1 aromatic carbocycles. The van der Waals surface area contributed by atoms with Gasteiger partial charge in [-0.05, 0) is 24.6 Å². The number of urea groups is 1. The van der Waals surface area contributed by atoms with Gasteiger partial charge in [0.1, 0.15) is 5.82 Å². The van der Waals surface area contributed by atoms with Gasteiger partial charge in [0.25, 0.3) is 0 Å². The zero-order valence-electron chi connectivity index (χ0n) is 10.9. The number of carbonyl (C=O) groups excluding carboxylic acids is 1. The predicted molar refractivity (Wildman–Crippen MR) is 69.1 cm³/mol. The van der Waals surface area contributed by atoms with Crippen molar-refractivity contribution in [2.45, 2.75) is 13.0 Å². The number of nitrogens with one attached hydrogen (secondary N) is 1. The largest absolute Gasteiger partial charge is 0.480 e. The highest BCUT2D eigenvalue weighted by atomic mass is 19.1. The lowest BCUT2D eigenvalue weighted by molar-refractivity contribution is -0.147. The summed E-state index contributed by atoms with van der Waals surface area (Å²) in [6, 6.07) is 2.69. The van der Waals surface area contributed by atoms with Gasteiger partial charge < -0.3 is 20.1 Å². The Morgan fingerprint density at radius 1 is 1.50 bits per heavy atom. The number of carbonyl (C=O) groups is 2. The highest BCUT2D eigenvalue weighted by molar-refractivity contribution is 5.92. The van der Waals surface area contributed by atoms with Crippen LogP contribution >= 0.6 is 0 Å². The molecule has 0 aliphatic carbocycles. The summed E-state index contributed by atoms with van der Waals surface area (Å²) in [5.74, 6) is -1.71. The van der Waals surface area contributed by atoms with Crippen molar-refractivity contribution in [1.29, 1.82) is 0 Å². The number of hydrogen-bond donors (Lipinski definition) is 2. The van der Waals surface area contributed by atoms with E-state index in [0.717, 1.165) is 10.5 Å². The maximum atomic E-state index is 13.7. The van der Waals surface area contributed by atoms with Gasteiger partial charge >= 0.3 is 12.0 Å². The third-order valence-electron chi connectivity index (χ3n) is 3.04. The molecule has 0 radical (unpaired) electrons. The Morgan fingerprint density at radius 2 is 2.25 bits per heavy atom. The number of rotatable bonds is 2. The second-order valence-corrected chi connectivity index (χ2v) is 4.54. The van der Waals surface area contributed by atoms with Crippen molar-refractivity contribution in [3.63, 3.8) is 0 Å². The van der Waals surface area contributed by atoms with E-state index in [-0.39, 0.29) is 25.4 Å². The number of carboxylic acids is 1. The molecule has 1 unspecified atom stereocenters. The number of morpholine rings is 1. The Kier molecular flexibility index (Phi) is 4.19. The highest BCUT2D eigenvalue weighted by Crippen LogP contribution is 2.17. The van der Waals surface area contributed by atoms with Crippen LogP contribution in [0.1, 0.15) is 5.56 Å². The van der Waals surface area contributed by atoms with Crippen molar-refractivity contribution in [3.05, 3.63) is 29.6 Å². The smallest absolute Gasteiger partial charge is 0.328 e. The van der Waals surface area contributed by atoms with Crippen LogP contribution in [0.15, 0.2) is 18.2 Å². The third-order valence-corrected chi connectivity index (χ3v) is 3.04. The van der Waals surface area contributed by atoms with Crippen LogP contribution in [0.2, 0.25) is 0 Å². The van der Waals surface area contributed by atoms with Gasteiger partial charge in [-0.25, -0.2) is 14.0 Å². The molecule has 20 heavy (non-hydrogen) atoms. The number of benzene rings is 1. The molecule has 1 aliphatic heterocycles. The molecule has 6 nitrogen and oxygen atoms in total. The third kappa shape index (κ3) is 3.05. The Labute approximate surface area is 115 Å². The first-order valence-corrected chi connectivity index (χ1v) is 6.13. The van der Waals surface area contributed by atoms with Gasteiger partial charge in [-0.15, -0.1) is 0 Å². The van der Waals surface area contributed by atoms with E-state index >= 15 is 0 Å². The number of hydrogen-bond acceptors (Lipinski definition) is 3. The minimum atomic E-state index is -1.15.